The second-order valence-corrected chi connectivity index (χ2v) is 5.58. The van der Waals surface area contributed by atoms with E-state index in [0.717, 1.165) is 49.6 Å². The lowest BCUT2D eigenvalue weighted by atomic mass is 10.2. The topological polar surface area (TPSA) is 23.6 Å². The van der Waals surface area contributed by atoms with Gasteiger partial charge in [0.2, 0.25) is 0 Å². The third-order valence-corrected chi connectivity index (χ3v) is 4.32. The van der Waals surface area contributed by atoms with E-state index in [1.54, 1.807) is 11.3 Å². The molecule has 2 rings (SSSR count). The molecule has 0 bridgehead atoms. The van der Waals surface area contributed by atoms with Crippen molar-refractivity contribution >= 4 is 17.2 Å². The molecule has 0 atom stereocenters. The van der Waals surface area contributed by atoms with Gasteiger partial charge >= 0.3 is 0 Å². The molecule has 0 N–H and O–H groups in total. The zero-order valence-corrected chi connectivity index (χ0v) is 11.7. The lowest BCUT2D eigenvalue weighted by molar-refractivity contribution is 0.0766. The Morgan fingerprint density at radius 3 is 2.94 bits per heavy atom. The van der Waals surface area contributed by atoms with E-state index >= 15 is 0 Å². The first-order valence-electron chi connectivity index (χ1n) is 6.39. The SMILES string of the molecule is C=CCN1CCCN(C(=O)c2sccc2C)CC1. The molecule has 0 unspecified atom stereocenters. The molecule has 1 amide bonds. The Bertz CT molecular complexity index is 427. The fraction of sp³-hybridized carbons (Fsp3) is 0.500. The summed E-state index contributed by atoms with van der Waals surface area (Å²) >= 11 is 1.55. The van der Waals surface area contributed by atoms with E-state index in [0.29, 0.717) is 0 Å². The molecule has 1 aliphatic rings. The van der Waals surface area contributed by atoms with Crippen molar-refractivity contribution in [2.24, 2.45) is 0 Å². The number of hydrogen-bond donors (Lipinski definition) is 0. The molecule has 98 valence electrons. The molecule has 4 heteroatoms. The average molecular weight is 264 g/mol. The van der Waals surface area contributed by atoms with E-state index in [1.165, 1.54) is 0 Å². The first-order valence-corrected chi connectivity index (χ1v) is 7.27. The number of nitrogens with zero attached hydrogens (tertiary/aromatic N) is 2. The van der Waals surface area contributed by atoms with Gasteiger partial charge in [0.15, 0.2) is 0 Å². The third-order valence-electron chi connectivity index (χ3n) is 3.32. The summed E-state index contributed by atoms with van der Waals surface area (Å²) in [6.07, 6.45) is 2.98. The summed E-state index contributed by atoms with van der Waals surface area (Å²) in [4.78, 5) is 17.6. The van der Waals surface area contributed by atoms with Crippen LogP contribution in [0.15, 0.2) is 24.1 Å². The molecule has 0 aliphatic carbocycles. The van der Waals surface area contributed by atoms with E-state index < -0.39 is 0 Å². The molecule has 1 aromatic heterocycles. The number of rotatable bonds is 3. The van der Waals surface area contributed by atoms with Crippen molar-refractivity contribution in [3.05, 3.63) is 34.5 Å². The quantitative estimate of drug-likeness (QED) is 0.783. The molecular formula is C14H20N2OS. The van der Waals surface area contributed by atoms with Crippen LogP contribution in [0.1, 0.15) is 21.7 Å². The van der Waals surface area contributed by atoms with Crippen LogP contribution in [0.3, 0.4) is 0 Å². The van der Waals surface area contributed by atoms with Crippen molar-refractivity contribution in [1.82, 2.24) is 9.80 Å². The first kappa shape index (κ1) is 13.3. The van der Waals surface area contributed by atoms with Gasteiger partial charge in [-0.05, 0) is 30.4 Å². The fourth-order valence-corrected chi connectivity index (χ4v) is 3.17. The smallest absolute Gasteiger partial charge is 0.264 e. The van der Waals surface area contributed by atoms with Gasteiger partial charge in [-0.25, -0.2) is 0 Å². The van der Waals surface area contributed by atoms with Crippen molar-refractivity contribution in [3.63, 3.8) is 0 Å². The lowest BCUT2D eigenvalue weighted by Crippen LogP contribution is -2.35. The summed E-state index contributed by atoms with van der Waals surface area (Å²) in [5.74, 6) is 0.197. The molecule has 0 saturated carbocycles. The zero-order valence-electron chi connectivity index (χ0n) is 10.9. The van der Waals surface area contributed by atoms with Crippen molar-refractivity contribution in [1.29, 1.82) is 0 Å². The Balaban J connectivity index is 2.00. The van der Waals surface area contributed by atoms with Crippen LogP contribution in [0, 0.1) is 6.92 Å². The summed E-state index contributed by atoms with van der Waals surface area (Å²) in [5.41, 5.74) is 1.09. The molecule has 18 heavy (non-hydrogen) atoms. The number of carbonyl (C=O) groups excluding carboxylic acids is 1. The molecule has 0 aromatic carbocycles. The Kier molecular flexibility index (Phi) is 4.55. The Morgan fingerprint density at radius 2 is 2.28 bits per heavy atom. The number of aryl methyl sites for hydroxylation is 1. The minimum absolute atomic E-state index is 0.197. The Morgan fingerprint density at radius 1 is 1.44 bits per heavy atom. The van der Waals surface area contributed by atoms with Crippen LogP contribution >= 0.6 is 11.3 Å². The molecule has 1 saturated heterocycles. The predicted octanol–water partition coefficient (Wildman–Crippen LogP) is 2.39. The van der Waals surface area contributed by atoms with Crippen LogP contribution in [0.5, 0.6) is 0 Å². The lowest BCUT2D eigenvalue weighted by Gasteiger charge is -2.21. The van der Waals surface area contributed by atoms with Crippen LogP contribution < -0.4 is 0 Å². The van der Waals surface area contributed by atoms with Gasteiger partial charge in [0.05, 0.1) is 4.88 Å². The summed E-state index contributed by atoms with van der Waals surface area (Å²) in [6, 6.07) is 2.01. The molecule has 0 radical (unpaired) electrons. The van der Waals surface area contributed by atoms with Gasteiger partial charge in [-0.1, -0.05) is 6.08 Å². The number of amides is 1. The molecule has 2 heterocycles. The van der Waals surface area contributed by atoms with E-state index in [2.05, 4.69) is 11.5 Å². The maximum Gasteiger partial charge on any atom is 0.264 e. The highest BCUT2D eigenvalue weighted by Crippen LogP contribution is 2.18. The van der Waals surface area contributed by atoms with Crippen molar-refractivity contribution in [2.45, 2.75) is 13.3 Å². The van der Waals surface area contributed by atoms with Crippen LogP contribution in [0.2, 0.25) is 0 Å². The summed E-state index contributed by atoms with van der Waals surface area (Å²) < 4.78 is 0. The van der Waals surface area contributed by atoms with Gasteiger partial charge < -0.3 is 4.90 Å². The second-order valence-electron chi connectivity index (χ2n) is 4.67. The first-order chi connectivity index (χ1) is 8.72. The van der Waals surface area contributed by atoms with E-state index in [9.17, 15) is 4.79 Å². The Labute approximate surface area is 113 Å². The summed E-state index contributed by atoms with van der Waals surface area (Å²) in [6.45, 7) is 10.4. The number of carbonyl (C=O) groups is 1. The van der Waals surface area contributed by atoms with Crippen molar-refractivity contribution < 1.29 is 4.79 Å². The van der Waals surface area contributed by atoms with Crippen LogP contribution in [-0.4, -0.2) is 48.4 Å². The second kappa shape index (κ2) is 6.16. The summed E-state index contributed by atoms with van der Waals surface area (Å²) in [5, 5.41) is 1.99. The third kappa shape index (κ3) is 3.00. The monoisotopic (exact) mass is 264 g/mol. The largest absolute Gasteiger partial charge is 0.337 e. The normalized spacial score (nSPS) is 17.5. The van der Waals surface area contributed by atoms with Crippen LogP contribution in [0.4, 0.5) is 0 Å². The van der Waals surface area contributed by atoms with Gasteiger partial charge in [-0.15, -0.1) is 17.9 Å². The Hall–Kier alpha value is -1.13. The molecule has 0 spiro atoms. The molecule has 1 aliphatic heterocycles. The maximum absolute atomic E-state index is 12.4. The average Bonchev–Trinajstić information content (AvgIpc) is 2.64. The molecule has 1 fully saturated rings. The van der Waals surface area contributed by atoms with Crippen molar-refractivity contribution in [3.8, 4) is 0 Å². The van der Waals surface area contributed by atoms with E-state index in [1.807, 2.05) is 29.3 Å². The molecular weight excluding hydrogens is 244 g/mol. The molecule has 3 nitrogen and oxygen atoms in total. The fourth-order valence-electron chi connectivity index (χ4n) is 2.27. The molecule has 1 aromatic rings. The maximum atomic E-state index is 12.4. The van der Waals surface area contributed by atoms with Gasteiger partial charge in [0, 0.05) is 32.7 Å². The van der Waals surface area contributed by atoms with E-state index in [4.69, 9.17) is 0 Å². The van der Waals surface area contributed by atoms with Gasteiger partial charge in [-0.3, -0.25) is 9.69 Å². The standard InChI is InChI=1S/C14H20N2OS/c1-3-6-15-7-4-8-16(10-9-15)14(17)13-12(2)5-11-18-13/h3,5,11H,1,4,6-10H2,2H3. The van der Waals surface area contributed by atoms with Crippen molar-refractivity contribution in [2.75, 3.05) is 32.7 Å². The van der Waals surface area contributed by atoms with Crippen LogP contribution in [-0.2, 0) is 0 Å². The van der Waals surface area contributed by atoms with Gasteiger partial charge in [-0.2, -0.15) is 0 Å². The minimum atomic E-state index is 0.197. The number of thiophene rings is 1. The highest BCUT2D eigenvalue weighted by atomic mass is 32.1. The van der Waals surface area contributed by atoms with Crippen LogP contribution in [0.25, 0.3) is 0 Å². The summed E-state index contributed by atoms with van der Waals surface area (Å²) in [7, 11) is 0. The minimum Gasteiger partial charge on any atom is -0.337 e. The number of hydrogen-bond acceptors (Lipinski definition) is 3. The zero-order chi connectivity index (χ0) is 13.0. The van der Waals surface area contributed by atoms with Gasteiger partial charge in [0.1, 0.15) is 0 Å². The van der Waals surface area contributed by atoms with Gasteiger partial charge in [0.25, 0.3) is 5.91 Å². The highest BCUT2D eigenvalue weighted by molar-refractivity contribution is 7.12. The van der Waals surface area contributed by atoms with E-state index in [-0.39, 0.29) is 5.91 Å². The highest BCUT2D eigenvalue weighted by Gasteiger charge is 2.21. The predicted molar refractivity (Wildman–Crippen MR) is 76.2 cm³/mol.